The predicted molar refractivity (Wildman–Crippen MR) is 81.2 cm³/mol. The Bertz CT molecular complexity index is 528. The molecule has 1 aromatic heterocycles. The summed E-state index contributed by atoms with van der Waals surface area (Å²) in [6.45, 7) is 4.78. The Hall–Kier alpha value is -1.62. The average Bonchev–Trinajstić information content (AvgIpc) is 3.00. The van der Waals surface area contributed by atoms with Crippen molar-refractivity contribution in [3.63, 3.8) is 0 Å². The quantitative estimate of drug-likeness (QED) is 0.893. The zero-order chi connectivity index (χ0) is 14.9. The Morgan fingerprint density at radius 3 is 2.76 bits per heavy atom. The van der Waals surface area contributed by atoms with E-state index in [-0.39, 0.29) is 5.91 Å². The van der Waals surface area contributed by atoms with Gasteiger partial charge in [0.15, 0.2) is 5.60 Å². The van der Waals surface area contributed by atoms with E-state index < -0.39 is 5.60 Å². The summed E-state index contributed by atoms with van der Waals surface area (Å²) < 4.78 is 0. The third-order valence-corrected chi connectivity index (χ3v) is 4.51. The number of aliphatic hydroxyl groups is 1. The first-order valence-electron chi connectivity index (χ1n) is 7.78. The van der Waals surface area contributed by atoms with Crippen LogP contribution in [0.4, 0.5) is 5.69 Å². The third kappa shape index (κ3) is 2.88. The lowest BCUT2D eigenvalue weighted by Crippen LogP contribution is -2.57. The smallest absolute Gasteiger partial charge is 0.256 e. The van der Waals surface area contributed by atoms with E-state index in [0.29, 0.717) is 13.0 Å². The Morgan fingerprint density at radius 2 is 2.05 bits per heavy atom. The van der Waals surface area contributed by atoms with Crippen LogP contribution in [0.15, 0.2) is 18.3 Å². The summed E-state index contributed by atoms with van der Waals surface area (Å²) in [5.74, 6) is -0.0875. The molecule has 0 aromatic carbocycles. The summed E-state index contributed by atoms with van der Waals surface area (Å²) >= 11 is 0. The van der Waals surface area contributed by atoms with Gasteiger partial charge in [-0.3, -0.25) is 9.78 Å². The molecule has 1 aromatic rings. The van der Waals surface area contributed by atoms with E-state index in [4.69, 9.17) is 0 Å². The van der Waals surface area contributed by atoms with Crippen LogP contribution < -0.4 is 4.90 Å². The number of aryl methyl sites for hydroxylation is 1. The van der Waals surface area contributed by atoms with E-state index >= 15 is 0 Å². The maximum absolute atomic E-state index is 12.6. The van der Waals surface area contributed by atoms with Crippen molar-refractivity contribution in [1.29, 1.82) is 0 Å². The van der Waals surface area contributed by atoms with Gasteiger partial charge < -0.3 is 14.9 Å². The van der Waals surface area contributed by atoms with Gasteiger partial charge in [0.05, 0.1) is 6.54 Å². The molecule has 2 fully saturated rings. The zero-order valence-corrected chi connectivity index (χ0v) is 12.6. The number of aromatic nitrogens is 1. The monoisotopic (exact) mass is 289 g/mol. The molecular formula is C16H23N3O2. The van der Waals surface area contributed by atoms with Gasteiger partial charge in [-0.05, 0) is 44.7 Å². The third-order valence-electron chi connectivity index (χ3n) is 4.51. The SMILES string of the molecule is Cc1cc(N2CCCC(O)(C(=O)N3CCCC3)C2)ccn1. The second-order valence-electron chi connectivity index (χ2n) is 6.21. The van der Waals surface area contributed by atoms with Crippen LogP contribution in [-0.4, -0.2) is 52.7 Å². The highest BCUT2D eigenvalue weighted by Crippen LogP contribution is 2.28. The van der Waals surface area contributed by atoms with Crippen molar-refractivity contribution in [1.82, 2.24) is 9.88 Å². The Kier molecular flexibility index (Phi) is 3.85. The first-order valence-corrected chi connectivity index (χ1v) is 7.78. The highest BCUT2D eigenvalue weighted by molar-refractivity contribution is 5.86. The molecule has 0 spiro atoms. The molecule has 1 amide bonds. The van der Waals surface area contributed by atoms with Crippen LogP contribution in [-0.2, 0) is 4.79 Å². The molecule has 3 heterocycles. The van der Waals surface area contributed by atoms with Gasteiger partial charge in [0.1, 0.15) is 0 Å². The van der Waals surface area contributed by atoms with E-state index in [0.717, 1.165) is 50.3 Å². The second-order valence-corrected chi connectivity index (χ2v) is 6.21. The molecular weight excluding hydrogens is 266 g/mol. The van der Waals surface area contributed by atoms with Gasteiger partial charge in [-0.2, -0.15) is 0 Å². The topological polar surface area (TPSA) is 56.7 Å². The number of rotatable bonds is 2. The number of carbonyl (C=O) groups excluding carboxylic acids is 1. The molecule has 2 aliphatic heterocycles. The van der Waals surface area contributed by atoms with Crippen LogP contribution in [0.2, 0.25) is 0 Å². The summed E-state index contributed by atoms with van der Waals surface area (Å²) in [7, 11) is 0. The fourth-order valence-electron chi connectivity index (χ4n) is 3.37. The Morgan fingerprint density at radius 1 is 1.29 bits per heavy atom. The lowest BCUT2D eigenvalue weighted by Gasteiger charge is -2.41. The van der Waals surface area contributed by atoms with Gasteiger partial charge >= 0.3 is 0 Å². The van der Waals surface area contributed by atoms with E-state index in [9.17, 15) is 9.90 Å². The first kappa shape index (κ1) is 14.3. The van der Waals surface area contributed by atoms with E-state index in [1.807, 2.05) is 24.0 Å². The maximum Gasteiger partial charge on any atom is 0.256 e. The molecule has 1 N–H and O–H groups in total. The minimum Gasteiger partial charge on any atom is -0.378 e. The fourth-order valence-corrected chi connectivity index (χ4v) is 3.37. The Balaban J connectivity index is 1.76. The van der Waals surface area contributed by atoms with Crippen molar-refractivity contribution in [2.24, 2.45) is 0 Å². The first-order chi connectivity index (χ1) is 10.1. The van der Waals surface area contributed by atoms with Crippen molar-refractivity contribution >= 4 is 11.6 Å². The molecule has 2 aliphatic rings. The minimum absolute atomic E-state index is 0.0875. The van der Waals surface area contributed by atoms with E-state index in [1.165, 1.54) is 0 Å². The summed E-state index contributed by atoms with van der Waals surface area (Å²) in [4.78, 5) is 20.7. The molecule has 0 radical (unpaired) electrons. The molecule has 2 saturated heterocycles. The lowest BCUT2D eigenvalue weighted by molar-refractivity contribution is -0.151. The molecule has 0 saturated carbocycles. The van der Waals surface area contributed by atoms with Crippen molar-refractivity contribution in [3.05, 3.63) is 24.0 Å². The Labute approximate surface area is 125 Å². The van der Waals surface area contributed by atoms with Crippen molar-refractivity contribution in [2.75, 3.05) is 31.1 Å². The minimum atomic E-state index is -1.24. The standard InChI is InChI=1S/C16H23N3O2/c1-13-11-14(5-7-17-13)19-10-4-6-16(21,12-19)15(20)18-8-2-3-9-18/h5,7,11,21H,2-4,6,8-10,12H2,1H3. The van der Waals surface area contributed by atoms with Gasteiger partial charge in [0.2, 0.25) is 0 Å². The van der Waals surface area contributed by atoms with Gasteiger partial charge in [0, 0.05) is 37.2 Å². The van der Waals surface area contributed by atoms with Crippen LogP contribution in [0.1, 0.15) is 31.4 Å². The number of likely N-dealkylation sites (tertiary alicyclic amines) is 1. The molecule has 21 heavy (non-hydrogen) atoms. The zero-order valence-electron chi connectivity index (χ0n) is 12.6. The molecule has 5 nitrogen and oxygen atoms in total. The average molecular weight is 289 g/mol. The van der Waals surface area contributed by atoms with Crippen LogP contribution >= 0.6 is 0 Å². The van der Waals surface area contributed by atoms with Crippen LogP contribution in [0.5, 0.6) is 0 Å². The molecule has 5 heteroatoms. The number of amides is 1. The molecule has 1 unspecified atom stereocenters. The number of anilines is 1. The van der Waals surface area contributed by atoms with Gasteiger partial charge in [-0.1, -0.05) is 0 Å². The molecule has 0 bridgehead atoms. The summed E-state index contributed by atoms with van der Waals surface area (Å²) in [5, 5.41) is 10.9. The van der Waals surface area contributed by atoms with Gasteiger partial charge in [0.25, 0.3) is 5.91 Å². The predicted octanol–water partition coefficient (Wildman–Crippen LogP) is 1.34. The number of piperidine rings is 1. The van der Waals surface area contributed by atoms with Gasteiger partial charge in [-0.15, -0.1) is 0 Å². The normalized spacial score (nSPS) is 26.2. The molecule has 114 valence electrons. The maximum atomic E-state index is 12.6. The van der Waals surface area contributed by atoms with Crippen LogP contribution in [0.25, 0.3) is 0 Å². The number of pyridine rings is 1. The van der Waals surface area contributed by atoms with Crippen molar-refractivity contribution in [3.8, 4) is 0 Å². The second kappa shape index (κ2) is 5.64. The summed E-state index contributed by atoms with van der Waals surface area (Å²) in [6.07, 6.45) is 5.27. The van der Waals surface area contributed by atoms with Gasteiger partial charge in [-0.25, -0.2) is 0 Å². The number of hydrogen-bond donors (Lipinski definition) is 1. The highest BCUT2D eigenvalue weighted by Gasteiger charge is 2.43. The van der Waals surface area contributed by atoms with Crippen LogP contribution in [0, 0.1) is 6.92 Å². The summed E-state index contributed by atoms with van der Waals surface area (Å²) in [5.41, 5.74) is 0.752. The molecule has 0 aliphatic carbocycles. The molecule has 3 rings (SSSR count). The van der Waals surface area contributed by atoms with E-state index in [2.05, 4.69) is 9.88 Å². The number of β-amino-alcohol motifs (C(OH)–C–C–N with tert-alkyl or cyclic N) is 1. The van der Waals surface area contributed by atoms with Crippen molar-refractivity contribution < 1.29 is 9.90 Å². The van der Waals surface area contributed by atoms with Crippen LogP contribution in [0.3, 0.4) is 0 Å². The van der Waals surface area contributed by atoms with Crippen molar-refractivity contribution in [2.45, 2.75) is 38.2 Å². The number of nitrogens with zero attached hydrogens (tertiary/aromatic N) is 3. The lowest BCUT2D eigenvalue weighted by atomic mass is 9.91. The van der Waals surface area contributed by atoms with E-state index in [1.54, 1.807) is 6.20 Å². The highest BCUT2D eigenvalue weighted by atomic mass is 16.3. The fraction of sp³-hybridized carbons (Fsp3) is 0.625. The number of hydrogen-bond acceptors (Lipinski definition) is 4. The largest absolute Gasteiger partial charge is 0.378 e. The number of carbonyl (C=O) groups is 1. The summed E-state index contributed by atoms with van der Waals surface area (Å²) in [6, 6.07) is 3.95. The molecule has 1 atom stereocenters.